The molecule has 27 heavy (non-hydrogen) atoms. The molecule has 1 aliphatic heterocycles. The van der Waals surface area contributed by atoms with Crippen LogP contribution in [0.4, 0.5) is 0 Å². The van der Waals surface area contributed by atoms with E-state index in [1.165, 1.54) is 11.1 Å². The van der Waals surface area contributed by atoms with E-state index >= 15 is 0 Å². The number of fused-ring (bicyclic) bond motifs is 2. The molecule has 0 atom stereocenters. The van der Waals surface area contributed by atoms with Crippen LogP contribution in [0, 0.1) is 0 Å². The molecule has 0 saturated carbocycles. The average molecular weight is 376 g/mol. The van der Waals surface area contributed by atoms with E-state index in [2.05, 4.69) is 42.2 Å². The minimum absolute atomic E-state index is 0.0735. The maximum Gasteiger partial charge on any atom is 0.234 e. The molecule has 1 aliphatic rings. The predicted octanol–water partition coefficient (Wildman–Crippen LogP) is 4.55. The van der Waals surface area contributed by atoms with Crippen molar-refractivity contribution in [2.24, 2.45) is 0 Å². The number of ether oxygens (including phenoxy) is 1. The van der Waals surface area contributed by atoms with Crippen molar-refractivity contribution >= 4 is 16.3 Å². The highest BCUT2D eigenvalue weighted by molar-refractivity contribution is 7.16. The molecule has 5 rings (SSSR count). The molecule has 0 radical (unpaired) electrons. The monoisotopic (exact) mass is 376 g/mol. The summed E-state index contributed by atoms with van der Waals surface area (Å²) >= 11 is 1.59. The zero-order valence-corrected chi connectivity index (χ0v) is 16.2. The minimum atomic E-state index is -0.0735. The molecule has 0 bridgehead atoms. The van der Waals surface area contributed by atoms with E-state index < -0.39 is 0 Å². The van der Waals surface area contributed by atoms with Crippen molar-refractivity contribution in [1.29, 1.82) is 0 Å². The van der Waals surface area contributed by atoms with Gasteiger partial charge >= 0.3 is 0 Å². The van der Waals surface area contributed by atoms with E-state index in [1.54, 1.807) is 11.3 Å². The molecule has 0 aliphatic carbocycles. The number of nitrogens with zero attached hydrogens (tertiary/aromatic N) is 4. The summed E-state index contributed by atoms with van der Waals surface area (Å²) < 4.78 is 7.94. The minimum Gasteiger partial charge on any atom is -0.488 e. The Kier molecular flexibility index (Phi) is 3.75. The third-order valence-electron chi connectivity index (χ3n) is 4.93. The largest absolute Gasteiger partial charge is 0.488 e. The van der Waals surface area contributed by atoms with E-state index in [1.807, 2.05) is 34.8 Å². The molecular formula is C21H20N4OS. The van der Waals surface area contributed by atoms with Crippen molar-refractivity contribution in [3.05, 3.63) is 64.7 Å². The van der Waals surface area contributed by atoms with Gasteiger partial charge in [-0.05, 0) is 43.9 Å². The Labute approximate surface area is 161 Å². The first-order valence-corrected chi connectivity index (χ1v) is 9.96. The van der Waals surface area contributed by atoms with Crippen LogP contribution in [0.2, 0.25) is 0 Å². The highest BCUT2D eigenvalue weighted by Crippen LogP contribution is 2.34. The van der Waals surface area contributed by atoms with Crippen LogP contribution in [-0.2, 0) is 12.8 Å². The second-order valence-corrected chi connectivity index (χ2v) is 8.60. The van der Waals surface area contributed by atoms with E-state index in [0.717, 1.165) is 46.4 Å². The summed E-state index contributed by atoms with van der Waals surface area (Å²) in [5.41, 5.74) is 3.49. The lowest BCUT2D eigenvalue weighted by molar-refractivity contribution is 0.0846. The zero-order valence-electron chi connectivity index (χ0n) is 15.3. The van der Waals surface area contributed by atoms with Gasteiger partial charge in [0.1, 0.15) is 16.4 Å². The van der Waals surface area contributed by atoms with Gasteiger partial charge in [-0.1, -0.05) is 53.8 Å². The first-order valence-electron chi connectivity index (χ1n) is 9.15. The smallest absolute Gasteiger partial charge is 0.234 e. The number of benzene rings is 2. The Morgan fingerprint density at radius 2 is 1.96 bits per heavy atom. The topological polar surface area (TPSA) is 52.3 Å². The fourth-order valence-electron chi connectivity index (χ4n) is 3.49. The molecule has 0 saturated heterocycles. The van der Waals surface area contributed by atoms with E-state index in [0.29, 0.717) is 0 Å². The lowest BCUT2D eigenvalue weighted by atomic mass is 9.93. The van der Waals surface area contributed by atoms with Crippen molar-refractivity contribution in [3.8, 4) is 17.1 Å². The van der Waals surface area contributed by atoms with E-state index in [-0.39, 0.29) is 5.60 Å². The highest BCUT2D eigenvalue weighted by atomic mass is 32.1. The second-order valence-electron chi connectivity index (χ2n) is 7.56. The van der Waals surface area contributed by atoms with Gasteiger partial charge in [-0.15, -0.1) is 10.2 Å². The Bertz CT molecular complexity index is 1110. The number of hydrogen-bond acceptors (Lipinski definition) is 5. The molecule has 2 aromatic heterocycles. The molecule has 3 heterocycles. The van der Waals surface area contributed by atoms with Crippen molar-refractivity contribution in [3.63, 3.8) is 0 Å². The molecule has 0 spiro atoms. The predicted molar refractivity (Wildman–Crippen MR) is 106 cm³/mol. The zero-order chi connectivity index (χ0) is 18.4. The van der Waals surface area contributed by atoms with Crippen LogP contribution in [0.25, 0.3) is 16.3 Å². The fraction of sp³-hybridized carbons (Fsp3) is 0.286. The molecule has 0 N–H and O–H groups in total. The van der Waals surface area contributed by atoms with Crippen molar-refractivity contribution in [1.82, 2.24) is 19.8 Å². The van der Waals surface area contributed by atoms with Crippen LogP contribution < -0.4 is 4.74 Å². The van der Waals surface area contributed by atoms with Crippen LogP contribution in [0.3, 0.4) is 0 Å². The van der Waals surface area contributed by atoms with Crippen molar-refractivity contribution in [2.75, 3.05) is 0 Å². The summed E-state index contributed by atoms with van der Waals surface area (Å²) in [6, 6.07) is 16.5. The third kappa shape index (κ3) is 3.10. The lowest BCUT2D eigenvalue weighted by Gasteiger charge is -2.32. The summed E-state index contributed by atoms with van der Waals surface area (Å²) in [6.07, 6.45) is 2.89. The summed E-state index contributed by atoms with van der Waals surface area (Å²) in [6.45, 7) is 4.29. The molecule has 2 aromatic carbocycles. The van der Waals surface area contributed by atoms with Gasteiger partial charge in [0.05, 0.1) is 0 Å². The number of aryl methyl sites for hydroxylation is 1. The van der Waals surface area contributed by atoms with Crippen molar-refractivity contribution < 1.29 is 4.74 Å². The van der Waals surface area contributed by atoms with Gasteiger partial charge < -0.3 is 4.74 Å². The number of aromatic nitrogens is 4. The Hall–Kier alpha value is -2.73. The molecular weight excluding hydrogens is 356 g/mol. The SMILES string of the molecule is CC1(C)CCc2cc(Cc3nn4c(-c5ccccc5)nnc4s3)ccc2O1. The third-order valence-corrected chi connectivity index (χ3v) is 5.83. The second kappa shape index (κ2) is 6.16. The Morgan fingerprint density at radius 3 is 2.81 bits per heavy atom. The van der Waals surface area contributed by atoms with Gasteiger partial charge in [-0.2, -0.15) is 9.61 Å². The molecule has 4 aromatic rings. The van der Waals surface area contributed by atoms with Crippen LogP contribution in [0.1, 0.15) is 36.4 Å². The Balaban J connectivity index is 1.43. The first kappa shape index (κ1) is 16.4. The van der Waals surface area contributed by atoms with Gasteiger partial charge in [-0.25, -0.2) is 0 Å². The van der Waals surface area contributed by atoms with E-state index in [4.69, 9.17) is 9.84 Å². The highest BCUT2D eigenvalue weighted by Gasteiger charge is 2.26. The number of rotatable bonds is 3. The summed E-state index contributed by atoms with van der Waals surface area (Å²) in [7, 11) is 0. The van der Waals surface area contributed by atoms with Gasteiger partial charge in [0.15, 0.2) is 5.82 Å². The molecule has 0 fully saturated rings. The molecule has 5 nitrogen and oxygen atoms in total. The number of hydrogen-bond donors (Lipinski definition) is 0. The van der Waals surface area contributed by atoms with Gasteiger partial charge in [0.2, 0.25) is 4.96 Å². The van der Waals surface area contributed by atoms with Crippen LogP contribution in [0.5, 0.6) is 5.75 Å². The Morgan fingerprint density at radius 1 is 1.11 bits per heavy atom. The summed E-state index contributed by atoms with van der Waals surface area (Å²) in [4.78, 5) is 0.826. The molecule has 0 amide bonds. The quantitative estimate of drug-likeness (QED) is 0.526. The summed E-state index contributed by atoms with van der Waals surface area (Å²) in [5.74, 6) is 1.80. The normalized spacial score (nSPS) is 15.5. The maximum atomic E-state index is 6.09. The first-order chi connectivity index (χ1) is 13.1. The average Bonchev–Trinajstić information content (AvgIpc) is 3.22. The van der Waals surface area contributed by atoms with Crippen LogP contribution >= 0.6 is 11.3 Å². The van der Waals surface area contributed by atoms with Crippen LogP contribution in [0.15, 0.2) is 48.5 Å². The molecule has 136 valence electrons. The maximum absolute atomic E-state index is 6.09. The summed E-state index contributed by atoms with van der Waals surface area (Å²) in [5, 5.41) is 14.4. The van der Waals surface area contributed by atoms with Crippen LogP contribution in [-0.4, -0.2) is 25.4 Å². The van der Waals surface area contributed by atoms with Gasteiger partial charge in [-0.3, -0.25) is 0 Å². The molecule has 6 heteroatoms. The van der Waals surface area contributed by atoms with Gasteiger partial charge in [0, 0.05) is 12.0 Å². The van der Waals surface area contributed by atoms with Gasteiger partial charge in [0.25, 0.3) is 0 Å². The lowest BCUT2D eigenvalue weighted by Crippen LogP contribution is -2.32. The van der Waals surface area contributed by atoms with Crippen molar-refractivity contribution in [2.45, 2.75) is 38.7 Å². The molecule has 0 unspecified atom stereocenters. The standard InChI is InChI=1S/C21H20N4OS/c1-21(2)11-10-16-12-14(8-9-17(16)26-21)13-18-24-25-19(22-23-20(25)27-18)15-6-4-3-5-7-15/h3-9,12H,10-11,13H2,1-2H3. The fourth-order valence-corrected chi connectivity index (χ4v) is 4.36. The van der Waals surface area contributed by atoms with E-state index in [9.17, 15) is 0 Å².